The third-order valence-electron chi connectivity index (χ3n) is 3.03. The van der Waals surface area contributed by atoms with Crippen molar-refractivity contribution >= 4 is 5.97 Å². The van der Waals surface area contributed by atoms with Crippen LogP contribution in [0.25, 0.3) is 0 Å². The summed E-state index contributed by atoms with van der Waals surface area (Å²) in [6.07, 6.45) is 2.02. The van der Waals surface area contributed by atoms with Gasteiger partial charge in [0, 0.05) is 6.04 Å². The quantitative estimate of drug-likeness (QED) is 0.757. The van der Waals surface area contributed by atoms with E-state index in [-0.39, 0.29) is 12.0 Å². The van der Waals surface area contributed by atoms with Crippen LogP contribution in [0.4, 0.5) is 0 Å². The maximum absolute atomic E-state index is 11.7. The fourth-order valence-corrected chi connectivity index (χ4v) is 2.01. The first kappa shape index (κ1) is 12.1. The van der Waals surface area contributed by atoms with Crippen molar-refractivity contribution in [1.29, 1.82) is 0 Å². The SMILES string of the molecule is N[C@@H](C(=O)OCc1ccccc1)[C@H]1CCCN1. The summed E-state index contributed by atoms with van der Waals surface area (Å²) in [6, 6.07) is 9.13. The van der Waals surface area contributed by atoms with Gasteiger partial charge in [0.2, 0.25) is 0 Å². The normalized spacial score (nSPS) is 21.1. The highest BCUT2D eigenvalue weighted by molar-refractivity contribution is 5.76. The molecule has 0 unspecified atom stereocenters. The molecular formula is C13H18N2O2. The lowest BCUT2D eigenvalue weighted by Gasteiger charge is -2.17. The van der Waals surface area contributed by atoms with Gasteiger partial charge in [-0.2, -0.15) is 0 Å². The molecule has 1 fully saturated rings. The van der Waals surface area contributed by atoms with E-state index in [1.165, 1.54) is 0 Å². The van der Waals surface area contributed by atoms with E-state index in [2.05, 4.69) is 5.32 Å². The summed E-state index contributed by atoms with van der Waals surface area (Å²) in [6.45, 7) is 1.23. The maximum Gasteiger partial charge on any atom is 0.324 e. The van der Waals surface area contributed by atoms with E-state index < -0.39 is 6.04 Å². The molecule has 0 aromatic heterocycles. The van der Waals surface area contributed by atoms with Gasteiger partial charge in [-0.25, -0.2) is 0 Å². The molecule has 4 nitrogen and oxygen atoms in total. The Morgan fingerprint density at radius 1 is 1.47 bits per heavy atom. The monoisotopic (exact) mass is 234 g/mol. The number of esters is 1. The predicted molar refractivity (Wildman–Crippen MR) is 65.2 cm³/mol. The molecule has 1 aliphatic heterocycles. The molecular weight excluding hydrogens is 216 g/mol. The lowest BCUT2D eigenvalue weighted by atomic mass is 10.1. The van der Waals surface area contributed by atoms with Gasteiger partial charge in [-0.05, 0) is 24.9 Å². The number of nitrogens with two attached hydrogens (primary N) is 1. The van der Waals surface area contributed by atoms with Crippen molar-refractivity contribution in [3.8, 4) is 0 Å². The van der Waals surface area contributed by atoms with Gasteiger partial charge in [-0.15, -0.1) is 0 Å². The molecule has 0 radical (unpaired) electrons. The van der Waals surface area contributed by atoms with Crippen molar-refractivity contribution in [2.45, 2.75) is 31.5 Å². The molecule has 17 heavy (non-hydrogen) atoms. The highest BCUT2D eigenvalue weighted by Crippen LogP contribution is 2.10. The summed E-state index contributed by atoms with van der Waals surface area (Å²) in [4.78, 5) is 11.7. The third-order valence-corrected chi connectivity index (χ3v) is 3.03. The van der Waals surface area contributed by atoms with Crippen LogP contribution in [0.5, 0.6) is 0 Å². The fourth-order valence-electron chi connectivity index (χ4n) is 2.01. The van der Waals surface area contributed by atoms with Crippen molar-refractivity contribution in [1.82, 2.24) is 5.32 Å². The molecule has 0 bridgehead atoms. The Kier molecular flexibility index (Phi) is 4.12. The van der Waals surface area contributed by atoms with Gasteiger partial charge in [0.05, 0.1) is 0 Å². The second-order valence-electron chi connectivity index (χ2n) is 4.32. The summed E-state index contributed by atoms with van der Waals surface area (Å²) in [7, 11) is 0. The fraction of sp³-hybridized carbons (Fsp3) is 0.462. The number of benzene rings is 1. The minimum Gasteiger partial charge on any atom is -0.460 e. The second-order valence-corrected chi connectivity index (χ2v) is 4.32. The smallest absolute Gasteiger partial charge is 0.324 e. The highest BCUT2D eigenvalue weighted by atomic mass is 16.5. The van der Waals surface area contributed by atoms with Gasteiger partial charge in [-0.1, -0.05) is 30.3 Å². The molecule has 0 saturated carbocycles. The van der Waals surface area contributed by atoms with Crippen molar-refractivity contribution < 1.29 is 9.53 Å². The van der Waals surface area contributed by atoms with Crippen molar-refractivity contribution in [2.24, 2.45) is 5.73 Å². The number of rotatable bonds is 4. The van der Waals surface area contributed by atoms with Crippen LogP contribution in [-0.2, 0) is 16.1 Å². The lowest BCUT2D eigenvalue weighted by molar-refractivity contribution is -0.147. The van der Waals surface area contributed by atoms with Crippen LogP contribution in [0, 0.1) is 0 Å². The molecule has 92 valence electrons. The standard InChI is InChI=1S/C13H18N2O2/c14-12(11-7-4-8-15-11)13(16)17-9-10-5-2-1-3-6-10/h1-3,5-6,11-12,15H,4,7-9,14H2/t11-,12-/m1/s1. The zero-order valence-electron chi connectivity index (χ0n) is 9.76. The maximum atomic E-state index is 11.7. The zero-order valence-corrected chi connectivity index (χ0v) is 9.76. The molecule has 1 heterocycles. The predicted octanol–water partition coefficient (Wildman–Crippen LogP) is 0.809. The first-order chi connectivity index (χ1) is 8.27. The van der Waals surface area contributed by atoms with E-state index >= 15 is 0 Å². The second kappa shape index (κ2) is 5.80. The van der Waals surface area contributed by atoms with Crippen LogP contribution >= 0.6 is 0 Å². The Balaban J connectivity index is 1.80. The molecule has 1 aromatic carbocycles. The minimum absolute atomic E-state index is 0.0678. The summed E-state index contributed by atoms with van der Waals surface area (Å²) < 4.78 is 5.20. The van der Waals surface area contributed by atoms with Gasteiger partial charge in [0.25, 0.3) is 0 Å². The molecule has 1 aromatic rings. The van der Waals surface area contributed by atoms with Crippen molar-refractivity contribution in [3.63, 3.8) is 0 Å². The molecule has 1 aliphatic rings. The van der Waals surface area contributed by atoms with Gasteiger partial charge >= 0.3 is 5.97 Å². The average molecular weight is 234 g/mol. The number of ether oxygens (including phenoxy) is 1. The van der Waals surface area contributed by atoms with Crippen LogP contribution in [0.15, 0.2) is 30.3 Å². The Labute approximate surface area is 101 Å². The van der Waals surface area contributed by atoms with E-state index in [0.29, 0.717) is 6.61 Å². The van der Waals surface area contributed by atoms with Crippen LogP contribution in [0.3, 0.4) is 0 Å². The Morgan fingerprint density at radius 2 is 2.24 bits per heavy atom. The van der Waals surface area contributed by atoms with Crippen LogP contribution < -0.4 is 11.1 Å². The molecule has 2 rings (SSSR count). The highest BCUT2D eigenvalue weighted by Gasteiger charge is 2.28. The van der Waals surface area contributed by atoms with E-state index in [9.17, 15) is 4.79 Å². The van der Waals surface area contributed by atoms with Crippen molar-refractivity contribution in [2.75, 3.05) is 6.54 Å². The van der Waals surface area contributed by atoms with Gasteiger partial charge < -0.3 is 15.8 Å². The summed E-state index contributed by atoms with van der Waals surface area (Å²) in [5, 5.41) is 3.21. The van der Waals surface area contributed by atoms with Gasteiger partial charge in [0.15, 0.2) is 0 Å². The third kappa shape index (κ3) is 3.28. The summed E-state index contributed by atoms with van der Waals surface area (Å²) in [5.41, 5.74) is 6.83. The molecule has 2 atom stereocenters. The van der Waals surface area contributed by atoms with Gasteiger partial charge in [0.1, 0.15) is 12.6 Å². The lowest BCUT2D eigenvalue weighted by Crippen LogP contribution is -2.47. The van der Waals surface area contributed by atoms with E-state index in [1.54, 1.807) is 0 Å². The molecule has 0 aliphatic carbocycles. The molecule has 4 heteroatoms. The Morgan fingerprint density at radius 3 is 2.88 bits per heavy atom. The molecule has 3 N–H and O–H groups in total. The van der Waals surface area contributed by atoms with Crippen LogP contribution in [0.2, 0.25) is 0 Å². The van der Waals surface area contributed by atoms with Gasteiger partial charge in [-0.3, -0.25) is 4.79 Å². The van der Waals surface area contributed by atoms with E-state index in [4.69, 9.17) is 10.5 Å². The summed E-state index contributed by atoms with van der Waals surface area (Å²) in [5.74, 6) is -0.326. The first-order valence-corrected chi connectivity index (χ1v) is 5.97. The molecule has 0 amide bonds. The molecule has 1 saturated heterocycles. The number of hydrogen-bond donors (Lipinski definition) is 2. The Hall–Kier alpha value is -1.39. The van der Waals surface area contributed by atoms with E-state index in [0.717, 1.165) is 24.9 Å². The first-order valence-electron chi connectivity index (χ1n) is 5.97. The number of hydrogen-bond acceptors (Lipinski definition) is 4. The largest absolute Gasteiger partial charge is 0.460 e. The number of nitrogens with one attached hydrogen (secondary N) is 1. The van der Waals surface area contributed by atoms with E-state index in [1.807, 2.05) is 30.3 Å². The summed E-state index contributed by atoms with van der Waals surface area (Å²) >= 11 is 0. The Bertz CT molecular complexity index is 361. The minimum atomic E-state index is -0.554. The zero-order chi connectivity index (χ0) is 12.1. The van der Waals surface area contributed by atoms with Crippen LogP contribution in [0.1, 0.15) is 18.4 Å². The number of carbonyl (C=O) groups excluding carboxylic acids is 1. The average Bonchev–Trinajstić information content (AvgIpc) is 2.90. The molecule has 0 spiro atoms. The van der Waals surface area contributed by atoms with Crippen molar-refractivity contribution in [3.05, 3.63) is 35.9 Å². The number of carbonyl (C=O) groups is 1. The van der Waals surface area contributed by atoms with Crippen LogP contribution in [-0.4, -0.2) is 24.6 Å². The topological polar surface area (TPSA) is 64.4 Å².